The van der Waals surface area contributed by atoms with Crippen LogP contribution in [-0.4, -0.2) is 0 Å². The lowest BCUT2D eigenvalue weighted by Crippen LogP contribution is -2.12. The zero-order chi connectivity index (χ0) is 14.6. The fraction of sp³-hybridized carbons (Fsp3) is 0.474. The van der Waals surface area contributed by atoms with Gasteiger partial charge < -0.3 is 0 Å². The summed E-state index contributed by atoms with van der Waals surface area (Å²) < 4.78 is 0. The molecule has 0 aromatic heterocycles. The van der Waals surface area contributed by atoms with Gasteiger partial charge in [0.25, 0.3) is 0 Å². The van der Waals surface area contributed by atoms with Crippen molar-refractivity contribution < 1.29 is 0 Å². The van der Waals surface area contributed by atoms with Gasteiger partial charge in [0.05, 0.1) is 0 Å². The minimum absolute atomic E-state index is 0.199. The second-order valence-electron chi connectivity index (χ2n) is 6.19. The van der Waals surface area contributed by atoms with Crippen molar-refractivity contribution in [3.63, 3.8) is 0 Å². The molecule has 2 aromatic rings. The van der Waals surface area contributed by atoms with Crippen LogP contribution in [0.5, 0.6) is 0 Å². The fourth-order valence-corrected chi connectivity index (χ4v) is 2.29. The average Bonchev–Trinajstić information content (AvgIpc) is 2.38. The lowest BCUT2D eigenvalue weighted by Gasteiger charge is -2.23. The summed E-state index contributed by atoms with van der Waals surface area (Å²) in [6, 6.07) is 13.4. The molecule has 0 unspecified atom stereocenters. The van der Waals surface area contributed by atoms with E-state index in [1.807, 2.05) is 13.8 Å². The second kappa shape index (κ2) is 6.23. The highest BCUT2D eigenvalue weighted by Crippen LogP contribution is 2.33. The third kappa shape index (κ3) is 3.59. The standard InChI is InChI=1S/C17H22.C2H6/c1-12(2)14-10-13-8-6-7-9-15(13)16(11-14)17(3,4)5;1-2/h6-12H,1-5H3;1-2H3. The van der Waals surface area contributed by atoms with Crippen molar-refractivity contribution >= 4 is 10.8 Å². The molecular weight excluding hydrogens is 228 g/mol. The molecule has 0 aliphatic carbocycles. The molecule has 2 rings (SSSR count). The van der Waals surface area contributed by atoms with E-state index in [0.717, 1.165) is 0 Å². The molecule has 0 heteroatoms. The first kappa shape index (κ1) is 15.8. The van der Waals surface area contributed by atoms with E-state index in [1.54, 1.807) is 0 Å². The molecule has 0 heterocycles. The monoisotopic (exact) mass is 256 g/mol. The average molecular weight is 256 g/mol. The molecule has 0 radical (unpaired) electrons. The van der Waals surface area contributed by atoms with Gasteiger partial charge in [0.2, 0.25) is 0 Å². The van der Waals surface area contributed by atoms with Crippen molar-refractivity contribution in [3.8, 4) is 0 Å². The Labute approximate surface area is 118 Å². The van der Waals surface area contributed by atoms with Crippen molar-refractivity contribution in [2.45, 2.75) is 59.8 Å². The first-order valence-corrected chi connectivity index (χ1v) is 7.43. The number of fused-ring (bicyclic) bond motifs is 1. The molecule has 104 valence electrons. The Morgan fingerprint density at radius 1 is 0.895 bits per heavy atom. The molecule has 0 bridgehead atoms. The normalized spacial score (nSPS) is 11.4. The van der Waals surface area contributed by atoms with Crippen LogP contribution in [0.15, 0.2) is 36.4 Å². The minimum Gasteiger partial charge on any atom is -0.0683 e. The van der Waals surface area contributed by atoms with Crippen LogP contribution in [0.4, 0.5) is 0 Å². The van der Waals surface area contributed by atoms with E-state index < -0.39 is 0 Å². The maximum atomic E-state index is 2.38. The van der Waals surface area contributed by atoms with Gasteiger partial charge in [-0.3, -0.25) is 0 Å². The first-order chi connectivity index (χ1) is 8.89. The Hall–Kier alpha value is -1.30. The van der Waals surface area contributed by atoms with Crippen LogP contribution >= 0.6 is 0 Å². The summed E-state index contributed by atoms with van der Waals surface area (Å²) >= 11 is 0. The third-order valence-corrected chi connectivity index (χ3v) is 3.36. The highest BCUT2D eigenvalue weighted by molar-refractivity contribution is 5.87. The van der Waals surface area contributed by atoms with Gasteiger partial charge in [0, 0.05) is 0 Å². The van der Waals surface area contributed by atoms with E-state index in [1.165, 1.54) is 21.9 Å². The van der Waals surface area contributed by atoms with Crippen molar-refractivity contribution in [1.82, 2.24) is 0 Å². The summed E-state index contributed by atoms with van der Waals surface area (Å²) in [5.74, 6) is 0.584. The maximum absolute atomic E-state index is 2.38. The van der Waals surface area contributed by atoms with Crippen molar-refractivity contribution in [2.24, 2.45) is 0 Å². The minimum atomic E-state index is 0.199. The predicted molar refractivity (Wildman–Crippen MR) is 88.1 cm³/mol. The van der Waals surface area contributed by atoms with Crippen LogP contribution in [-0.2, 0) is 5.41 Å². The van der Waals surface area contributed by atoms with Gasteiger partial charge in [-0.05, 0) is 33.2 Å². The van der Waals surface area contributed by atoms with E-state index in [4.69, 9.17) is 0 Å². The summed E-state index contributed by atoms with van der Waals surface area (Å²) in [7, 11) is 0. The highest BCUT2D eigenvalue weighted by atomic mass is 14.2. The van der Waals surface area contributed by atoms with Gasteiger partial charge in [0.1, 0.15) is 0 Å². The lowest BCUT2D eigenvalue weighted by atomic mass is 9.81. The van der Waals surface area contributed by atoms with E-state index in [-0.39, 0.29) is 5.41 Å². The number of rotatable bonds is 1. The Kier molecular flexibility index (Phi) is 5.17. The van der Waals surface area contributed by atoms with Crippen molar-refractivity contribution in [3.05, 3.63) is 47.5 Å². The summed E-state index contributed by atoms with van der Waals surface area (Å²) in [4.78, 5) is 0. The molecule has 0 fully saturated rings. The largest absolute Gasteiger partial charge is 0.0683 e. The van der Waals surface area contributed by atoms with Crippen LogP contribution in [0.25, 0.3) is 10.8 Å². The number of hydrogen-bond donors (Lipinski definition) is 0. The molecule has 0 atom stereocenters. The molecule has 0 spiro atoms. The van der Waals surface area contributed by atoms with Gasteiger partial charge in [0.15, 0.2) is 0 Å². The van der Waals surface area contributed by atoms with Crippen LogP contribution in [0, 0.1) is 0 Å². The third-order valence-electron chi connectivity index (χ3n) is 3.36. The van der Waals surface area contributed by atoms with E-state index >= 15 is 0 Å². The van der Waals surface area contributed by atoms with Gasteiger partial charge in [-0.15, -0.1) is 0 Å². The molecular formula is C19H28. The Morgan fingerprint density at radius 3 is 2.00 bits per heavy atom. The van der Waals surface area contributed by atoms with Crippen LogP contribution in [0.1, 0.15) is 65.5 Å². The van der Waals surface area contributed by atoms with Crippen LogP contribution in [0.2, 0.25) is 0 Å². The lowest BCUT2D eigenvalue weighted by molar-refractivity contribution is 0.594. The van der Waals surface area contributed by atoms with Gasteiger partial charge >= 0.3 is 0 Å². The quantitative estimate of drug-likeness (QED) is 0.562. The van der Waals surface area contributed by atoms with Gasteiger partial charge in [-0.1, -0.05) is 84.9 Å². The van der Waals surface area contributed by atoms with E-state index in [9.17, 15) is 0 Å². The fourth-order valence-electron chi connectivity index (χ4n) is 2.29. The maximum Gasteiger partial charge on any atom is -0.0126 e. The molecule has 0 nitrogen and oxygen atoms in total. The molecule has 0 aliphatic heterocycles. The molecule has 0 aliphatic rings. The second-order valence-corrected chi connectivity index (χ2v) is 6.19. The first-order valence-electron chi connectivity index (χ1n) is 7.43. The van der Waals surface area contributed by atoms with Gasteiger partial charge in [-0.2, -0.15) is 0 Å². The zero-order valence-electron chi connectivity index (χ0n) is 13.5. The molecule has 0 N–H and O–H groups in total. The van der Waals surface area contributed by atoms with Crippen molar-refractivity contribution in [2.75, 3.05) is 0 Å². The van der Waals surface area contributed by atoms with E-state index in [0.29, 0.717) is 5.92 Å². The SMILES string of the molecule is CC.CC(C)c1cc(C(C)(C)C)c2ccccc2c1. The molecule has 19 heavy (non-hydrogen) atoms. The number of benzene rings is 2. The highest BCUT2D eigenvalue weighted by Gasteiger charge is 2.18. The summed E-state index contributed by atoms with van der Waals surface area (Å²) in [6.07, 6.45) is 0. The molecule has 2 aromatic carbocycles. The van der Waals surface area contributed by atoms with Crippen LogP contribution in [0.3, 0.4) is 0 Å². The summed E-state index contributed by atoms with van der Waals surface area (Å²) in [6.45, 7) is 15.4. The predicted octanol–water partition coefficient (Wildman–Crippen LogP) is 6.29. The molecule has 0 amide bonds. The zero-order valence-corrected chi connectivity index (χ0v) is 13.5. The number of hydrogen-bond acceptors (Lipinski definition) is 0. The topological polar surface area (TPSA) is 0 Å². The summed E-state index contributed by atoms with van der Waals surface area (Å²) in [5.41, 5.74) is 3.10. The Morgan fingerprint density at radius 2 is 1.47 bits per heavy atom. The Balaban J connectivity index is 0.000000861. The Bertz CT molecular complexity index is 527. The van der Waals surface area contributed by atoms with Crippen molar-refractivity contribution in [1.29, 1.82) is 0 Å². The molecule has 0 saturated carbocycles. The summed E-state index contributed by atoms with van der Waals surface area (Å²) in [5, 5.41) is 2.76. The van der Waals surface area contributed by atoms with E-state index in [2.05, 4.69) is 71.0 Å². The van der Waals surface area contributed by atoms with Crippen LogP contribution < -0.4 is 0 Å². The smallest absolute Gasteiger partial charge is 0.0126 e. The van der Waals surface area contributed by atoms with Gasteiger partial charge in [-0.25, -0.2) is 0 Å². The molecule has 0 saturated heterocycles.